The Morgan fingerprint density at radius 1 is 1.38 bits per heavy atom. The first-order valence-corrected chi connectivity index (χ1v) is 7.72. The molecule has 1 aromatic carbocycles. The number of carboxylic acid groups (broad SMARTS) is 1. The number of carboxylic acids is 1. The van der Waals surface area contributed by atoms with Crippen LogP contribution in [0.3, 0.4) is 0 Å². The van der Waals surface area contributed by atoms with Crippen LogP contribution in [0.4, 0.5) is 5.82 Å². The van der Waals surface area contributed by atoms with Crippen LogP contribution in [-0.2, 0) is 11.2 Å². The molecule has 0 saturated carbocycles. The van der Waals surface area contributed by atoms with Crippen molar-refractivity contribution in [2.24, 2.45) is 0 Å². The fourth-order valence-electron chi connectivity index (χ4n) is 3.03. The van der Waals surface area contributed by atoms with Crippen LogP contribution >= 0.6 is 0 Å². The van der Waals surface area contributed by atoms with Crippen molar-refractivity contribution < 1.29 is 14.6 Å². The highest BCUT2D eigenvalue weighted by molar-refractivity contribution is 5.96. The van der Waals surface area contributed by atoms with E-state index in [-0.39, 0.29) is 11.8 Å². The molecule has 0 saturated heterocycles. The van der Waals surface area contributed by atoms with Crippen molar-refractivity contribution in [3.8, 4) is 0 Å². The van der Waals surface area contributed by atoms with Gasteiger partial charge in [0.25, 0.3) is 0 Å². The largest absolute Gasteiger partial charge is 0.477 e. The molecule has 0 fully saturated rings. The van der Waals surface area contributed by atoms with E-state index in [4.69, 9.17) is 9.84 Å². The van der Waals surface area contributed by atoms with E-state index in [1.54, 1.807) is 0 Å². The number of aromatic nitrogens is 3. The molecule has 24 heavy (non-hydrogen) atoms. The van der Waals surface area contributed by atoms with E-state index in [0.717, 1.165) is 6.42 Å². The normalized spacial score (nSPS) is 16.8. The molecule has 0 aliphatic carbocycles. The number of nitrogens with one attached hydrogen (secondary N) is 2. The number of aromatic amines is 1. The molecule has 1 aliphatic rings. The van der Waals surface area contributed by atoms with Gasteiger partial charge in [0, 0.05) is 6.54 Å². The zero-order valence-electron chi connectivity index (χ0n) is 12.8. The molecule has 0 amide bonds. The molecule has 4 rings (SSSR count). The van der Waals surface area contributed by atoms with Crippen molar-refractivity contribution in [2.75, 3.05) is 18.5 Å². The highest BCUT2D eigenvalue weighted by Crippen LogP contribution is 2.28. The van der Waals surface area contributed by atoms with Gasteiger partial charge in [0.15, 0.2) is 0 Å². The Morgan fingerprint density at radius 2 is 2.25 bits per heavy atom. The van der Waals surface area contributed by atoms with E-state index < -0.39 is 5.97 Å². The zero-order chi connectivity index (χ0) is 16.5. The summed E-state index contributed by atoms with van der Waals surface area (Å²) in [5.74, 6) is -0.432. The van der Waals surface area contributed by atoms with Gasteiger partial charge >= 0.3 is 5.97 Å². The number of ether oxygens (including phenoxy) is 1. The van der Waals surface area contributed by atoms with Gasteiger partial charge < -0.3 is 20.1 Å². The summed E-state index contributed by atoms with van der Waals surface area (Å²) in [6, 6.07) is 9.79. The fraction of sp³-hybridized carbons (Fsp3) is 0.235. The monoisotopic (exact) mass is 324 g/mol. The van der Waals surface area contributed by atoms with E-state index in [1.165, 1.54) is 23.5 Å². The summed E-state index contributed by atoms with van der Waals surface area (Å²) in [6.45, 7) is 1.24. The lowest BCUT2D eigenvalue weighted by Crippen LogP contribution is -2.23. The van der Waals surface area contributed by atoms with Gasteiger partial charge in [-0.2, -0.15) is 0 Å². The standard InChI is InChI=1S/C17H16N4O3/c22-17(23)13-7-12-15(19-9-20-16(12)21-13)18-8-14-11-4-2-1-3-10(11)5-6-24-14/h1-4,7,9,14H,5-6,8H2,(H,22,23)(H2,18,19,20,21). The quantitative estimate of drug-likeness (QED) is 0.681. The molecule has 0 radical (unpaired) electrons. The molecule has 3 aromatic rings. The van der Waals surface area contributed by atoms with Crippen LogP contribution in [0.1, 0.15) is 27.7 Å². The summed E-state index contributed by atoms with van der Waals surface area (Å²) in [7, 11) is 0. The SMILES string of the molecule is O=C(O)c1cc2c(NCC3OCCc4ccccc43)ncnc2[nH]1. The Bertz CT molecular complexity index is 906. The van der Waals surface area contributed by atoms with E-state index in [2.05, 4.69) is 32.4 Å². The van der Waals surface area contributed by atoms with Crippen LogP contribution in [-0.4, -0.2) is 39.2 Å². The van der Waals surface area contributed by atoms with Gasteiger partial charge in [0.05, 0.1) is 18.1 Å². The molecule has 1 atom stereocenters. The van der Waals surface area contributed by atoms with Crippen LogP contribution in [0.5, 0.6) is 0 Å². The molecule has 1 unspecified atom stereocenters. The molecule has 3 heterocycles. The molecular formula is C17H16N4O3. The third-order valence-corrected chi connectivity index (χ3v) is 4.20. The second-order valence-electron chi connectivity index (χ2n) is 5.66. The Labute approximate surface area is 137 Å². The summed E-state index contributed by atoms with van der Waals surface area (Å²) in [4.78, 5) is 22.2. The topological polar surface area (TPSA) is 100 Å². The van der Waals surface area contributed by atoms with Crippen molar-refractivity contribution in [3.63, 3.8) is 0 Å². The van der Waals surface area contributed by atoms with Crippen molar-refractivity contribution in [1.82, 2.24) is 15.0 Å². The molecule has 2 aromatic heterocycles. The molecular weight excluding hydrogens is 308 g/mol. The number of anilines is 1. The van der Waals surface area contributed by atoms with Crippen molar-refractivity contribution in [3.05, 3.63) is 53.5 Å². The first kappa shape index (κ1) is 14.6. The van der Waals surface area contributed by atoms with Gasteiger partial charge in [0.1, 0.15) is 23.5 Å². The third-order valence-electron chi connectivity index (χ3n) is 4.20. The van der Waals surface area contributed by atoms with Crippen LogP contribution in [0, 0.1) is 0 Å². The Morgan fingerprint density at radius 3 is 3.12 bits per heavy atom. The summed E-state index contributed by atoms with van der Waals surface area (Å²) >= 11 is 0. The van der Waals surface area contributed by atoms with Crippen molar-refractivity contribution >= 4 is 22.8 Å². The van der Waals surface area contributed by atoms with Crippen LogP contribution in [0.25, 0.3) is 11.0 Å². The lowest BCUT2D eigenvalue weighted by atomic mass is 9.97. The maximum Gasteiger partial charge on any atom is 0.352 e. The highest BCUT2D eigenvalue weighted by Gasteiger charge is 2.21. The Kier molecular flexibility index (Phi) is 3.62. The Hall–Kier alpha value is -2.93. The zero-order valence-corrected chi connectivity index (χ0v) is 12.8. The van der Waals surface area contributed by atoms with Crippen LogP contribution < -0.4 is 5.32 Å². The van der Waals surface area contributed by atoms with Crippen molar-refractivity contribution in [2.45, 2.75) is 12.5 Å². The lowest BCUT2D eigenvalue weighted by Gasteiger charge is -2.26. The van der Waals surface area contributed by atoms with Crippen LogP contribution in [0.2, 0.25) is 0 Å². The molecule has 3 N–H and O–H groups in total. The maximum absolute atomic E-state index is 11.1. The summed E-state index contributed by atoms with van der Waals surface area (Å²) in [6.07, 6.45) is 2.27. The van der Waals surface area contributed by atoms with E-state index in [1.807, 2.05) is 12.1 Å². The minimum atomic E-state index is -1.02. The molecule has 7 nitrogen and oxygen atoms in total. The number of fused-ring (bicyclic) bond motifs is 2. The van der Waals surface area contributed by atoms with Gasteiger partial charge in [0.2, 0.25) is 0 Å². The van der Waals surface area contributed by atoms with Gasteiger partial charge in [-0.1, -0.05) is 24.3 Å². The molecule has 7 heteroatoms. The molecule has 122 valence electrons. The van der Waals surface area contributed by atoms with Crippen molar-refractivity contribution in [1.29, 1.82) is 0 Å². The number of benzene rings is 1. The predicted octanol–water partition coefficient (Wildman–Crippen LogP) is 2.38. The van der Waals surface area contributed by atoms with Gasteiger partial charge in [-0.15, -0.1) is 0 Å². The van der Waals surface area contributed by atoms with E-state index in [0.29, 0.717) is 30.0 Å². The summed E-state index contributed by atoms with van der Waals surface area (Å²) < 4.78 is 5.87. The average Bonchev–Trinajstić information content (AvgIpc) is 3.05. The minimum absolute atomic E-state index is 0.0575. The summed E-state index contributed by atoms with van der Waals surface area (Å²) in [5.41, 5.74) is 3.07. The van der Waals surface area contributed by atoms with E-state index in [9.17, 15) is 4.79 Å². The Balaban J connectivity index is 1.59. The number of nitrogens with zero attached hydrogens (tertiary/aromatic N) is 2. The first-order valence-electron chi connectivity index (χ1n) is 7.72. The number of carbonyl (C=O) groups is 1. The number of hydrogen-bond acceptors (Lipinski definition) is 5. The average molecular weight is 324 g/mol. The summed E-state index contributed by atoms with van der Waals surface area (Å²) in [5, 5.41) is 13.0. The van der Waals surface area contributed by atoms with E-state index >= 15 is 0 Å². The second kappa shape index (κ2) is 5.93. The third kappa shape index (κ3) is 2.59. The number of hydrogen-bond donors (Lipinski definition) is 3. The maximum atomic E-state index is 11.1. The fourth-order valence-corrected chi connectivity index (χ4v) is 3.03. The smallest absolute Gasteiger partial charge is 0.352 e. The predicted molar refractivity (Wildman–Crippen MR) is 88.2 cm³/mol. The minimum Gasteiger partial charge on any atom is -0.477 e. The van der Waals surface area contributed by atoms with Gasteiger partial charge in [-0.05, 0) is 23.6 Å². The number of H-pyrrole nitrogens is 1. The highest BCUT2D eigenvalue weighted by atomic mass is 16.5. The molecule has 0 bridgehead atoms. The van der Waals surface area contributed by atoms with Gasteiger partial charge in [-0.3, -0.25) is 0 Å². The lowest BCUT2D eigenvalue weighted by molar-refractivity contribution is 0.0513. The first-order chi connectivity index (χ1) is 11.7. The molecule has 0 spiro atoms. The van der Waals surface area contributed by atoms with Crippen LogP contribution in [0.15, 0.2) is 36.7 Å². The second-order valence-corrected chi connectivity index (χ2v) is 5.66. The molecule has 1 aliphatic heterocycles. The van der Waals surface area contributed by atoms with Gasteiger partial charge in [-0.25, -0.2) is 14.8 Å². The number of aromatic carboxylic acids is 1. The number of rotatable bonds is 4.